The Morgan fingerprint density at radius 1 is 0.300 bits per heavy atom. The smallest absolute Gasteiger partial charge is 0.00880 e. The highest BCUT2D eigenvalue weighted by Gasteiger charge is 2.44. The average molecular weight is 555 g/mol. The van der Waals surface area contributed by atoms with E-state index in [9.17, 15) is 0 Å². The summed E-state index contributed by atoms with van der Waals surface area (Å²) in [4.78, 5) is 0. The van der Waals surface area contributed by atoms with Gasteiger partial charge in [0.25, 0.3) is 0 Å². The molecule has 2 aliphatic rings. The van der Waals surface area contributed by atoms with E-state index in [4.69, 9.17) is 0 Å². The molecule has 5 aromatic rings. The molecule has 7 rings (SSSR count). The van der Waals surface area contributed by atoms with Gasteiger partial charge in [0, 0.05) is 22.6 Å². The van der Waals surface area contributed by atoms with Gasteiger partial charge in [-0.05, 0) is 58.5 Å². The van der Waals surface area contributed by atoms with Crippen LogP contribution in [0.3, 0.4) is 0 Å². The van der Waals surface area contributed by atoms with Crippen molar-refractivity contribution in [1.82, 2.24) is 0 Å². The fraction of sp³-hybridized carbons (Fsp3) is 0.211. The normalized spacial score (nSPS) is 24.8. The highest BCUT2D eigenvalue weighted by Crippen LogP contribution is 2.73. The minimum atomic E-state index is -0.416. The summed E-state index contributed by atoms with van der Waals surface area (Å²) in [5, 5.41) is 3.35. The standard InChI is InChI=1S/C38H36P2/c1-5-15-29(16-6-1)33-25-26-34(30-17-7-2-8-18-30)39(33)37-23-13-14-24-38(37)40-35(31-19-9-3-10-20-31)27-28-36(40)32-21-11-4-12-22-32/h1-24,33-36H,25-28H2/t33-,34-,35-,36?,40?/m0/s1. The molecule has 40 heavy (non-hydrogen) atoms. The molecule has 2 saturated heterocycles. The number of hydrogen-bond acceptors (Lipinski definition) is 0. The van der Waals surface area contributed by atoms with E-state index in [-0.39, 0.29) is 0 Å². The van der Waals surface area contributed by atoms with Gasteiger partial charge < -0.3 is 0 Å². The van der Waals surface area contributed by atoms with E-state index in [1.165, 1.54) is 47.9 Å². The predicted octanol–water partition coefficient (Wildman–Crippen LogP) is 10.5. The fourth-order valence-corrected chi connectivity index (χ4v) is 15.0. The first-order chi connectivity index (χ1) is 19.9. The van der Waals surface area contributed by atoms with Gasteiger partial charge in [-0.15, -0.1) is 0 Å². The summed E-state index contributed by atoms with van der Waals surface area (Å²) in [6, 6.07) is 55.4. The van der Waals surface area contributed by atoms with Crippen LogP contribution in [0.15, 0.2) is 146 Å². The molecule has 0 nitrogen and oxygen atoms in total. The Balaban J connectivity index is 1.39. The Labute approximate surface area is 242 Å². The van der Waals surface area contributed by atoms with Gasteiger partial charge in [0.05, 0.1) is 0 Å². The summed E-state index contributed by atoms with van der Waals surface area (Å²) in [6.45, 7) is 0. The minimum absolute atomic E-state index is 0.416. The summed E-state index contributed by atoms with van der Waals surface area (Å²) in [5.41, 5.74) is 8.52. The first-order valence-corrected chi connectivity index (χ1v) is 17.7. The highest BCUT2D eigenvalue weighted by molar-refractivity contribution is 7.73. The van der Waals surface area contributed by atoms with Crippen LogP contribution in [0.2, 0.25) is 0 Å². The summed E-state index contributed by atoms with van der Waals surface area (Å²) < 4.78 is 0. The minimum Gasteiger partial charge on any atom is -0.0622 e. The molecule has 2 fully saturated rings. The second-order valence-corrected chi connectivity index (χ2v) is 16.2. The summed E-state index contributed by atoms with van der Waals surface area (Å²) in [7, 11) is -0.833. The van der Waals surface area contributed by atoms with Crippen molar-refractivity contribution in [2.45, 2.75) is 48.3 Å². The average Bonchev–Trinajstić information content (AvgIpc) is 3.68. The maximum atomic E-state index is 2.53. The van der Waals surface area contributed by atoms with Crippen LogP contribution in [0.25, 0.3) is 0 Å². The van der Waals surface area contributed by atoms with Gasteiger partial charge in [-0.3, -0.25) is 0 Å². The van der Waals surface area contributed by atoms with Crippen molar-refractivity contribution in [3.63, 3.8) is 0 Å². The molecule has 0 bridgehead atoms. The van der Waals surface area contributed by atoms with Crippen molar-refractivity contribution < 1.29 is 0 Å². The molecule has 2 unspecified atom stereocenters. The largest absolute Gasteiger partial charge is 0.0622 e. The van der Waals surface area contributed by atoms with Crippen molar-refractivity contribution >= 4 is 26.5 Å². The molecular weight excluding hydrogens is 518 g/mol. The number of rotatable bonds is 6. The zero-order chi connectivity index (χ0) is 26.7. The molecule has 2 heteroatoms. The molecule has 0 aromatic heterocycles. The van der Waals surface area contributed by atoms with Crippen LogP contribution >= 0.6 is 15.8 Å². The first-order valence-electron chi connectivity index (χ1n) is 14.7. The van der Waals surface area contributed by atoms with Gasteiger partial charge in [-0.25, -0.2) is 0 Å². The Morgan fingerprint density at radius 2 is 0.525 bits per heavy atom. The van der Waals surface area contributed by atoms with Crippen LogP contribution in [0.1, 0.15) is 70.6 Å². The molecule has 198 valence electrons. The third-order valence-corrected chi connectivity index (χ3v) is 15.9. The van der Waals surface area contributed by atoms with Gasteiger partial charge >= 0.3 is 0 Å². The van der Waals surface area contributed by atoms with Crippen LogP contribution in [-0.2, 0) is 0 Å². The Kier molecular flexibility index (Phi) is 7.66. The van der Waals surface area contributed by atoms with Gasteiger partial charge in [-0.2, -0.15) is 0 Å². The molecule has 2 aliphatic heterocycles. The quantitative estimate of drug-likeness (QED) is 0.183. The number of hydrogen-bond donors (Lipinski definition) is 0. The molecule has 2 heterocycles. The van der Waals surface area contributed by atoms with Crippen molar-refractivity contribution in [2.75, 3.05) is 0 Å². The lowest BCUT2D eigenvalue weighted by molar-refractivity contribution is 0.765. The molecule has 0 spiro atoms. The topological polar surface area (TPSA) is 0 Å². The monoisotopic (exact) mass is 554 g/mol. The van der Waals surface area contributed by atoms with Crippen LogP contribution in [0.4, 0.5) is 0 Å². The molecule has 0 aliphatic carbocycles. The van der Waals surface area contributed by atoms with Gasteiger partial charge in [0.1, 0.15) is 0 Å². The fourth-order valence-electron chi connectivity index (χ4n) is 7.20. The Hall–Kier alpha value is -3.04. The van der Waals surface area contributed by atoms with E-state index in [0.717, 1.165) is 0 Å². The van der Waals surface area contributed by atoms with Gasteiger partial charge in [0.15, 0.2) is 0 Å². The van der Waals surface area contributed by atoms with Gasteiger partial charge in [0.2, 0.25) is 0 Å². The van der Waals surface area contributed by atoms with Gasteiger partial charge in [-0.1, -0.05) is 161 Å². The van der Waals surface area contributed by atoms with Crippen LogP contribution in [0.5, 0.6) is 0 Å². The van der Waals surface area contributed by atoms with Crippen LogP contribution < -0.4 is 10.6 Å². The lowest BCUT2D eigenvalue weighted by Crippen LogP contribution is -2.25. The maximum Gasteiger partial charge on any atom is 0.00880 e. The lowest BCUT2D eigenvalue weighted by atomic mass is 10.0. The zero-order valence-corrected chi connectivity index (χ0v) is 24.7. The molecule has 0 radical (unpaired) electrons. The van der Waals surface area contributed by atoms with E-state index >= 15 is 0 Å². The second-order valence-electron chi connectivity index (χ2n) is 11.2. The van der Waals surface area contributed by atoms with Crippen molar-refractivity contribution in [3.05, 3.63) is 168 Å². The van der Waals surface area contributed by atoms with Crippen molar-refractivity contribution in [1.29, 1.82) is 0 Å². The third-order valence-electron chi connectivity index (χ3n) is 8.95. The number of benzene rings is 5. The molecule has 5 atom stereocenters. The molecule has 5 aromatic carbocycles. The van der Waals surface area contributed by atoms with Crippen LogP contribution in [-0.4, -0.2) is 0 Å². The summed E-state index contributed by atoms with van der Waals surface area (Å²) >= 11 is 0. The van der Waals surface area contributed by atoms with Crippen LogP contribution in [0, 0.1) is 0 Å². The summed E-state index contributed by atoms with van der Waals surface area (Å²) in [5.74, 6) is 0. The molecule has 0 N–H and O–H groups in total. The van der Waals surface area contributed by atoms with Crippen molar-refractivity contribution in [2.24, 2.45) is 0 Å². The molecule has 0 amide bonds. The van der Waals surface area contributed by atoms with E-state index in [1.807, 2.05) is 0 Å². The van der Waals surface area contributed by atoms with E-state index in [2.05, 4.69) is 146 Å². The maximum absolute atomic E-state index is 2.53. The lowest BCUT2D eigenvalue weighted by Gasteiger charge is -2.34. The van der Waals surface area contributed by atoms with E-state index < -0.39 is 15.8 Å². The third kappa shape index (κ3) is 4.98. The summed E-state index contributed by atoms with van der Waals surface area (Å²) in [6.07, 6.45) is 5.08. The zero-order valence-electron chi connectivity index (χ0n) is 22.9. The predicted molar refractivity (Wildman–Crippen MR) is 175 cm³/mol. The Morgan fingerprint density at radius 3 is 0.775 bits per heavy atom. The highest BCUT2D eigenvalue weighted by atomic mass is 31.1. The van der Waals surface area contributed by atoms with E-state index in [1.54, 1.807) is 10.6 Å². The van der Waals surface area contributed by atoms with Crippen molar-refractivity contribution in [3.8, 4) is 0 Å². The first kappa shape index (κ1) is 25.9. The Bertz CT molecular complexity index is 1300. The molecule has 0 saturated carbocycles. The van der Waals surface area contributed by atoms with E-state index in [0.29, 0.717) is 22.6 Å². The second kappa shape index (κ2) is 11.8. The SMILES string of the molecule is c1ccc(C2CC[C@@H](c3ccccc3)P2c2ccccc2P2[C@H](c3ccccc3)CC[C@H]2c2ccccc2)cc1. The molecular formula is C38H36P2.